The molecule has 3 N–H and O–H groups in total. The van der Waals surface area contributed by atoms with E-state index in [4.69, 9.17) is 0 Å². The topological polar surface area (TPSA) is 81.7 Å². The van der Waals surface area contributed by atoms with Crippen LogP contribution in [0.2, 0.25) is 0 Å². The van der Waals surface area contributed by atoms with Crippen molar-refractivity contribution in [3.63, 3.8) is 0 Å². The number of aliphatic hydroxyl groups is 1. The highest BCUT2D eigenvalue weighted by molar-refractivity contribution is 7.19. The number of imide groups is 1. The molecule has 0 spiro atoms. The fraction of sp³-hybridized carbons (Fsp3) is 0.333. The van der Waals surface area contributed by atoms with Crippen molar-refractivity contribution in [2.45, 2.75) is 12.5 Å². The van der Waals surface area contributed by atoms with Crippen LogP contribution >= 0.6 is 11.3 Å². The normalized spacial score (nSPS) is 17.4. The van der Waals surface area contributed by atoms with E-state index in [-0.39, 0.29) is 6.54 Å². The second-order valence-corrected chi connectivity index (χ2v) is 6.55. The molecule has 2 aromatic rings. The summed E-state index contributed by atoms with van der Waals surface area (Å²) >= 11 is 1.49. The summed E-state index contributed by atoms with van der Waals surface area (Å²) in [5, 5.41) is 16.9. The van der Waals surface area contributed by atoms with Crippen molar-refractivity contribution in [1.29, 1.82) is 0 Å². The Morgan fingerprint density at radius 2 is 2.27 bits per heavy atom. The zero-order chi connectivity index (χ0) is 15.7. The maximum Gasteiger partial charge on any atom is 0.325 e. The molecule has 0 aliphatic carbocycles. The van der Waals surface area contributed by atoms with Crippen LogP contribution in [0.5, 0.6) is 0 Å². The maximum atomic E-state index is 12.0. The Morgan fingerprint density at radius 1 is 1.50 bits per heavy atom. The summed E-state index contributed by atoms with van der Waals surface area (Å²) in [5.74, 6) is 0. The van der Waals surface area contributed by atoms with E-state index < -0.39 is 17.7 Å². The smallest absolute Gasteiger partial charge is 0.325 e. The lowest BCUT2D eigenvalue weighted by atomic mass is 10.0. The Balaban J connectivity index is 1.70. The third-order valence-corrected chi connectivity index (χ3v) is 5.01. The highest BCUT2D eigenvalue weighted by atomic mass is 32.1. The van der Waals surface area contributed by atoms with Gasteiger partial charge in [0.15, 0.2) is 0 Å². The van der Waals surface area contributed by atoms with Crippen LogP contribution in [-0.4, -0.2) is 41.7 Å². The quantitative estimate of drug-likeness (QED) is 0.807. The molecule has 22 heavy (non-hydrogen) atoms. The Bertz CT molecular complexity index is 693. The van der Waals surface area contributed by atoms with Gasteiger partial charge in [0, 0.05) is 22.7 Å². The van der Waals surface area contributed by atoms with Crippen molar-refractivity contribution in [3.05, 3.63) is 35.2 Å². The van der Waals surface area contributed by atoms with E-state index in [1.54, 1.807) is 6.92 Å². The minimum Gasteiger partial charge on any atom is -0.383 e. The van der Waals surface area contributed by atoms with Gasteiger partial charge in [0.1, 0.15) is 5.60 Å². The molecule has 1 atom stereocenters. The second-order valence-electron chi connectivity index (χ2n) is 5.46. The molecule has 1 aromatic heterocycles. The first-order valence-electron chi connectivity index (χ1n) is 7.02. The minimum absolute atomic E-state index is 0.0441. The van der Waals surface area contributed by atoms with Crippen LogP contribution in [-0.2, 0) is 5.60 Å². The molecule has 0 unspecified atom stereocenters. The monoisotopic (exact) mass is 319 g/mol. The van der Waals surface area contributed by atoms with E-state index in [1.807, 2.05) is 30.3 Å². The molecule has 1 aromatic carbocycles. The molecule has 0 radical (unpaired) electrons. The number of rotatable bonds is 3. The van der Waals surface area contributed by atoms with Gasteiger partial charge in [-0.15, -0.1) is 11.3 Å². The summed E-state index contributed by atoms with van der Waals surface area (Å²) in [6.07, 6.45) is 0. The first kappa shape index (κ1) is 14.8. The number of carbonyl (C=O) groups is 2. The van der Waals surface area contributed by atoms with Crippen LogP contribution in [0.15, 0.2) is 30.3 Å². The standard InChI is InChI=1S/C15H17N3O3S/c1-15(21,9-17-14(20)18-7-6-16-13(18)19)12-8-10-4-2-3-5-11(10)22-12/h2-5,8,21H,6-7,9H2,1H3,(H,16,19)(H,17,20)/t15-/m0/s1. The van der Waals surface area contributed by atoms with E-state index in [0.717, 1.165) is 19.9 Å². The molecule has 1 aliphatic heterocycles. The molecule has 116 valence electrons. The minimum atomic E-state index is -1.18. The molecule has 2 heterocycles. The van der Waals surface area contributed by atoms with E-state index in [1.165, 1.54) is 11.3 Å². The Morgan fingerprint density at radius 3 is 2.95 bits per heavy atom. The number of amides is 4. The van der Waals surface area contributed by atoms with Gasteiger partial charge in [-0.1, -0.05) is 18.2 Å². The third-order valence-electron chi connectivity index (χ3n) is 3.64. The molecule has 0 saturated carbocycles. The summed E-state index contributed by atoms with van der Waals surface area (Å²) in [6.45, 7) is 2.50. The molecule has 1 fully saturated rings. The average Bonchev–Trinajstić information content (AvgIpc) is 3.11. The van der Waals surface area contributed by atoms with Gasteiger partial charge in [-0.2, -0.15) is 0 Å². The molecule has 7 heteroatoms. The first-order chi connectivity index (χ1) is 10.5. The predicted octanol–water partition coefficient (Wildman–Crippen LogP) is 1.84. The molecule has 1 aliphatic rings. The van der Waals surface area contributed by atoms with Gasteiger partial charge in [-0.3, -0.25) is 0 Å². The highest BCUT2D eigenvalue weighted by Crippen LogP contribution is 2.32. The summed E-state index contributed by atoms with van der Waals surface area (Å²) < 4.78 is 1.09. The third kappa shape index (κ3) is 2.77. The fourth-order valence-corrected chi connectivity index (χ4v) is 3.45. The second kappa shape index (κ2) is 5.58. The van der Waals surface area contributed by atoms with Crippen molar-refractivity contribution in [2.24, 2.45) is 0 Å². The highest BCUT2D eigenvalue weighted by Gasteiger charge is 2.30. The molecule has 0 bridgehead atoms. The number of benzene rings is 1. The lowest BCUT2D eigenvalue weighted by Crippen LogP contribution is -2.46. The zero-order valence-electron chi connectivity index (χ0n) is 12.1. The number of thiophene rings is 1. The summed E-state index contributed by atoms with van der Waals surface area (Å²) in [5.41, 5.74) is -1.18. The number of urea groups is 2. The van der Waals surface area contributed by atoms with Crippen LogP contribution < -0.4 is 10.6 Å². The zero-order valence-corrected chi connectivity index (χ0v) is 12.9. The number of fused-ring (bicyclic) bond motifs is 1. The lowest BCUT2D eigenvalue weighted by molar-refractivity contribution is 0.0620. The Kier molecular flexibility index (Phi) is 3.76. The number of nitrogens with zero attached hydrogens (tertiary/aromatic N) is 1. The predicted molar refractivity (Wildman–Crippen MR) is 84.9 cm³/mol. The van der Waals surface area contributed by atoms with Gasteiger partial charge in [0.05, 0.1) is 6.54 Å². The summed E-state index contributed by atoms with van der Waals surface area (Å²) in [7, 11) is 0. The average molecular weight is 319 g/mol. The van der Waals surface area contributed by atoms with Crippen molar-refractivity contribution < 1.29 is 14.7 Å². The lowest BCUT2D eigenvalue weighted by Gasteiger charge is -2.23. The van der Waals surface area contributed by atoms with Gasteiger partial charge in [0.2, 0.25) is 0 Å². The van der Waals surface area contributed by atoms with Crippen LogP contribution in [0.1, 0.15) is 11.8 Å². The van der Waals surface area contributed by atoms with Gasteiger partial charge in [-0.05, 0) is 24.4 Å². The van der Waals surface area contributed by atoms with Gasteiger partial charge >= 0.3 is 12.1 Å². The maximum absolute atomic E-state index is 12.0. The van der Waals surface area contributed by atoms with E-state index in [2.05, 4.69) is 10.6 Å². The molecular formula is C15H17N3O3S. The molecule has 1 saturated heterocycles. The van der Waals surface area contributed by atoms with Crippen LogP contribution in [0.4, 0.5) is 9.59 Å². The number of hydrogen-bond acceptors (Lipinski definition) is 4. The SMILES string of the molecule is C[C@](O)(CNC(=O)N1CCNC1=O)c1cc2ccccc2s1. The van der Waals surface area contributed by atoms with Gasteiger partial charge < -0.3 is 15.7 Å². The largest absolute Gasteiger partial charge is 0.383 e. The first-order valence-corrected chi connectivity index (χ1v) is 7.84. The number of hydrogen-bond donors (Lipinski definition) is 3. The van der Waals surface area contributed by atoms with E-state index in [0.29, 0.717) is 13.1 Å². The molecule has 4 amide bonds. The van der Waals surface area contributed by atoms with Crippen molar-refractivity contribution in [3.8, 4) is 0 Å². The molecule has 6 nitrogen and oxygen atoms in total. The molecular weight excluding hydrogens is 302 g/mol. The van der Waals surface area contributed by atoms with Crippen molar-refractivity contribution in [2.75, 3.05) is 19.6 Å². The fourth-order valence-electron chi connectivity index (χ4n) is 2.34. The van der Waals surface area contributed by atoms with E-state index >= 15 is 0 Å². The van der Waals surface area contributed by atoms with Crippen LogP contribution in [0.3, 0.4) is 0 Å². The van der Waals surface area contributed by atoms with E-state index in [9.17, 15) is 14.7 Å². The van der Waals surface area contributed by atoms with Crippen LogP contribution in [0, 0.1) is 0 Å². The Labute approximate surface area is 131 Å². The summed E-state index contributed by atoms with van der Waals surface area (Å²) in [6, 6.07) is 8.90. The number of carbonyl (C=O) groups excluding carboxylic acids is 2. The number of nitrogens with one attached hydrogen (secondary N) is 2. The Hall–Kier alpha value is -2.12. The van der Waals surface area contributed by atoms with Crippen molar-refractivity contribution in [1.82, 2.24) is 15.5 Å². The molecule has 3 rings (SSSR count). The van der Waals surface area contributed by atoms with Crippen molar-refractivity contribution >= 4 is 33.5 Å². The summed E-state index contributed by atoms with van der Waals surface area (Å²) in [4.78, 5) is 25.2. The van der Waals surface area contributed by atoms with Gasteiger partial charge in [-0.25, -0.2) is 14.5 Å². The van der Waals surface area contributed by atoms with Gasteiger partial charge in [0.25, 0.3) is 0 Å². The van der Waals surface area contributed by atoms with Crippen LogP contribution in [0.25, 0.3) is 10.1 Å².